The average molecular weight is 311 g/mol. The van der Waals surface area contributed by atoms with Gasteiger partial charge in [0.05, 0.1) is 0 Å². The zero-order valence-electron chi connectivity index (χ0n) is 12.8. The largest absolute Gasteiger partial charge is 0.328 e. The van der Waals surface area contributed by atoms with E-state index < -0.39 is 11.5 Å². The first kappa shape index (κ1) is 15.0. The van der Waals surface area contributed by atoms with Gasteiger partial charge in [0, 0.05) is 30.5 Å². The number of rotatable bonds is 3. The number of hydrogen-bond donors (Lipinski definition) is 2. The van der Waals surface area contributed by atoms with Crippen LogP contribution >= 0.6 is 0 Å². The van der Waals surface area contributed by atoms with Crippen molar-refractivity contribution in [1.29, 1.82) is 0 Å². The van der Waals surface area contributed by atoms with Gasteiger partial charge in [0.15, 0.2) is 0 Å². The zero-order valence-corrected chi connectivity index (χ0v) is 12.8. The minimum Gasteiger partial charge on any atom is -0.328 e. The second-order valence-corrected chi connectivity index (χ2v) is 5.52. The number of aromatic nitrogens is 1. The molecule has 0 saturated carbocycles. The Morgan fingerprint density at radius 1 is 1.26 bits per heavy atom. The van der Waals surface area contributed by atoms with Gasteiger partial charge in [0.1, 0.15) is 5.56 Å². The molecule has 1 aromatic heterocycles. The van der Waals surface area contributed by atoms with Crippen LogP contribution in [-0.4, -0.2) is 23.3 Å². The first-order chi connectivity index (χ1) is 11.1. The summed E-state index contributed by atoms with van der Waals surface area (Å²) in [4.78, 5) is 39.8. The summed E-state index contributed by atoms with van der Waals surface area (Å²) in [6.45, 7) is 2.62. The van der Waals surface area contributed by atoms with Gasteiger partial charge in [-0.2, -0.15) is 0 Å². The Morgan fingerprint density at radius 3 is 2.74 bits per heavy atom. The van der Waals surface area contributed by atoms with E-state index in [4.69, 9.17) is 0 Å². The summed E-state index contributed by atoms with van der Waals surface area (Å²) < 4.78 is 0. The van der Waals surface area contributed by atoms with Gasteiger partial charge in [-0.15, -0.1) is 0 Å². The number of carbonyl (C=O) groups is 2. The predicted octanol–water partition coefficient (Wildman–Crippen LogP) is 2.06. The van der Waals surface area contributed by atoms with Crippen LogP contribution in [0, 0.1) is 6.92 Å². The van der Waals surface area contributed by atoms with E-state index in [1.165, 1.54) is 12.3 Å². The van der Waals surface area contributed by atoms with E-state index >= 15 is 0 Å². The van der Waals surface area contributed by atoms with Gasteiger partial charge in [0.2, 0.25) is 5.91 Å². The lowest BCUT2D eigenvalue weighted by molar-refractivity contribution is -0.117. The molecule has 0 spiro atoms. The number of benzene rings is 1. The molecule has 1 aliphatic heterocycles. The summed E-state index contributed by atoms with van der Waals surface area (Å²) in [6, 6.07) is 8.43. The number of aromatic amines is 1. The molecule has 0 unspecified atom stereocenters. The molecular formula is C17H17N3O3. The smallest absolute Gasteiger partial charge is 0.261 e. The predicted molar refractivity (Wildman–Crippen MR) is 87.8 cm³/mol. The highest BCUT2D eigenvalue weighted by Gasteiger charge is 2.23. The molecule has 2 amide bonds. The Morgan fingerprint density at radius 2 is 2.09 bits per heavy atom. The van der Waals surface area contributed by atoms with Crippen molar-refractivity contribution in [3.63, 3.8) is 0 Å². The molecule has 6 nitrogen and oxygen atoms in total. The highest BCUT2D eigenvalue weighted by Crippen LogP contribution is 2.27. The van der Waals surface area contributed by atoms with E-state index in [0.29, 0.717) is 12.1 Å². The molecule has 1 saturated heterocycles. The van der Waals surface area contributed by atoms with Gasteiger partial charge in [0.25, 0.3) is 11.5 Å². The first-order valence-corrected chi connectivity index (χ1v) is 7.46. The van der Waals surface area contributed by atoms with Crippen molar-refractivity contribution < 1.29 is 9.59 Å². The molecule has 23 heavy (non-hydrogen) atoms. The van der Waals surface area contributed by atoms with Crippen molar-refractivity contribution >= 4 is 23.2 Å². The van der Waals surface area contributed by atoms with Gasteiger partial charge in [-0.25, -0.2) is 0 Å². The summed E-state index contributed by atoms with van der Waals surface area (Å²) in [5, 5.41) is 2.71. The van der Waals surface area contributed by atoms with Gasteiger partial charge >= 0.3 is 0 Å². The molecule has 6 heteroatoms. The van der Waals surface area contributed by atoms with Crippen LogP contribution in [0.3, 0.4) is 0 Å². The summed E-state index contributed by atoms with van der Waals surface area (Å²) in [5.74, 6) is -0.336. The van der Waals surface area contributed by atoms with Crippen LogP contribution < -0.4 is 15.8 Å². The van der Waals surface area contributed by atoms with Crippen molar-refractivity contribution in [2.24, 2.45) is 0 Å². The SMILES string of the molecule is Cc1cc(NC(=O)c2ccc[nH]c2=O)ccc1N1CCCC1=O. The second kappa shape index (κ2) is 6.08. The molecule has 2 N–H and O–H groups in total. The molecule has 0 radical (unpaired) electrons. The standard InChI is InChI=1S/C17H17N3O3/c1-11-10-12(6-7-14(11)20-9-3-5-15(20)21)19-17(23)13-4-2-8-18-16(13)22/h2,4,6-8,10H,3,5,9H2,1H3,(H,18,22)(H,19,23). The Bertz CT molecular complexity index is 826. The second-order valence-electron chi connectivity index (χ2n) is 5.52. The Labute approximate surface area is 133 Å². The van der Waals surface area contributed by atoms with Crippen molar-refractivity contribution in [1.82, 2.24) is 4.98 Å². The Kier molecular flexibility index (Phi) is 3.97. The van der Waals surface area contributed by atoms with Crippen LogP contribution in [0.25, 0.3) is 0 Å². The monoisotopic (exact) mass is 311 g/mol. The fraction of sp³-hybridized carbons (Fsp3) is 0.235. The number of pyridine rings is 1. The average Bonchev–Trinajstić information content (AvgIpc) is 2.94. The van der Waals surface area contributed by atoms with E-state index in [0.717, 1.165) is 24.2 Å². The molecule has 2 heterocycles. The number of H-pyrrole nitrogens is 1. The van der Waals surface area contributed by atoms with Gasteiger partial charge in [-0.05, 0) is 49.2 Å². The third-order valence-corrected chi connectivity index (χ3v) is 3.88. The van der Waals surface area contributed by atoms with Crippen molar-refractivity contribution in [3.8, 4) is 0 Å². The van der Waals surface area contributed by atoms with Crippen molar-refractivity contribution in [3.05, 3.63) is 58.0 Å². The minimum absolute atomic E-state index is 0.0592. The summed E-state index contributed by atoms with van der Waals surface area (Å²) in [7, 11) is 0. The van der Waals surface area contributed by atoms with Crippen molar-refractivity contribution in [2.75, 3.05) is 16.8 Å². The number of aryl methyl sites for hydroxylation is 1. The van der Waals surface area contributed by atoms with E-state index in [1.807, 2.05) is 13.0 Å². The number of nitrogens with zero attached hydrogens (tertiary/aromatic N) is 1. The topological polar surface area (TPSA) is 82.3 Å². The fourth-order valence-electron chi connectivity index (χ4n) is 2.74. The lowest BCUT2D eigenvalue weighted by Crippen LogP contribution is -2.25. The normalized spacial score (nSPS) is 14.1. The molecule has 3 rings (SSSR count). The highest BCUT2D eigenvalue weighted by atomic mass is 16.2. The summed E-state index contributed by atoms with van der Waals surface area (Å²) in [6.07, 6.45) is 2.92. The number of nitrogens with one attached hydrogen (secondary N) is 2. The third kappa shape index (κ3) is 3.01. The summed E-state index contributed by atoms with van der Waals surface area (Å²) in [5.41, 5.74) is 1.99. The Balaban J connectivity index is 1.81. The van der Waals surface area contributed by atoms with Crippen LogP contribution in [0.5, 0.6) is 0 Å². The van der Waals surface area contributed by atoms with E-state index in [1.54, 1.807) is 23.1 Å². The highest BCUT2D eigenvalue weighted by molar-refractivity contribution is 6.04. The minimum atomic E-state index is -0.462. The fourth-order valence-corrected chi connectivity index (χ4v) is 2.74. The van der Waals surface area contributed by atoms with Gasteiger partial charge < -0.3 is 15.2 Å². The molecular weight excluding hydrogens is 294 g/mol. The molecule has 1 aromatic carbocycles. The maximum atomic E-state index is 12.1. The Hall–Kier alpha value is -2.89. The molecule has 0 aliphatic carbocycles. The van der Waals surface area contributed by atoms with Crippen LogP contribution in [0.1, 0.15) is 28.8 Å². The van der Waals surface area contributed by atoms with Crippen LogP contribution in [-0.2, 0) is 4.79 Å². The van der Waals surface area contributed by atoms with Crippen LogP contribution in [0.4, 0.5) is 11.4 Å². The maximum Gasteiger partial charge on any atom is 0.261 e. The third-order valence-electron chi connectivity index (χ3n) is 3.88. The lowest BCUT2D eigenvalue weighted by atomic mass is 10.1. The quantitative estimate of drug-likeness (QED) is 0.910. The molecule has 1 aliphatic rings. The lowest BCUT2D eigenvalue weighted by Gasteiger charge is -2.19. The molecule has 0 atom stereocenters. The molecule has 2 aromatic rings. The molecule has 0 bridgehead atoms. The summed E-state index contributed by atoms with van der Waals surface area (Å²) >= 11 is 0. The zero-order chi connectivity index (χ0) is 16.4. The van der Waals surface area contributed by atoms with E-state index in [2.05, 4.69) is 10.3 Å². The number of anilines is 2. The van der Waals surface area contributed by atoms with Crippen molar-refractivity contribution in [2.45, 2.75) is 19.8 Å². The van der Waals surface area contributed by atoms with Gasteiger partial charge in [-0.1, -0.05) is 0 Å². The van der Waals surface area contributed by atoms with E-state index in [9.17, 15) is 14.4 Å². The molecule has 1 fully saturated rings. The number of carbonyl (C=O) groups excluding carboxylic acids is 2. The first-order valence-electron chi connectivity index (χ1n) is 7.46. The maximum absolute atomic E-state index is 12.1. The van der Waals surface area contributed by atoms with Crippen LogP contribution in [0.2, 0.25) is 0 Å². The van der Waals surface area contributed by atoms with Gasteiger partial charge in [-0.3, -0.25) is 14.4 Å². The number of hydrogen-bond acceptors (Lipinski definition) is 3. The molecule has 118 valence electrons. The number of amides is 2. The van der Waals surface area contributed by atoms with Crippen LogP contribution in [0.15, 0.2) is 41.3 Å². The van der Waals surface area contributed by atoms with E-state index in [-0.39, 0.29) is 11.5 Å².